The van der Waals surface area contributed by atoms with E-state index in [0.717, 1.165) is 22.3 Å². The second kappa shape index (κ2) is 7.87. The van der Waals surface area contributed by atoms with E-state index in [1.54, 1.807) is 13.2 Å². The topological polar surface area (TPSA) is 81.4 Å². The molecule has 1 amide bonds. The van der Waals surface area contributed by atoms with E-state index in [1.165, 1.54) is 10.9 Å². The van der Waals surface area contributed by atoms with Gasteiger partial charge in [-0.3, -0.25) is 4.79 Å². The second-order valence-electron chi connectivity index (χ2n) is 5.15. The van der Waals surface area contributed by atoms with E-state index in [2.05, 4.69) is 20.8 Å². The van der Waals surface area contributed by atoms with Crippen LogP contribution >= 0.6 is 0 Å². The molecule has 1 heterocycles. The van der Waals surface area contributed by atoms with Gasteiger partial charge >= 0.3 is 0 Å². The number of aromatic nitrogens is 3. The smallest absolute Gasteiger partial charge is 0.261 e. The van der Waals surface area contributed by atoms with E-state index >= 15 is 0 Å². The molecule has 1 aromatic heterocycles. The summed E-state index contributed by atoms with van der Waals surface area (Å²) in [5.41, 5.74) is 4.94. The zero-order valence-electron chi connectivity index (χ0n) is 13.7. The van der Waals surface area contributed by atoms with Crippen LogP contribution in [0.2, 0.25) is 0 Å². The highest BCUT2D eigenvalue weighted by atomic mass is 16.5. The maximum Gasteiger partial charge on any atom is 0.261 e. The lowest BCUT2D eigenvalue weighted by Gasteiger charge is -2.02. The number of amides is 1. The predicted molar refractivity (Wildman–Crippen MR) is 96.2 cm³/mol. The summed E-state index contributed by atoms with van der Waals surface area (Å²) in [6.45, 7) is 0.0497. The number of ether oxygens (including phenoxy) is 1. The molecular formula is C18H17N5O2. The summed E-state index contributed by atoms with van der Waals surface area (Å²) in [4.78, 5) is 11.9. The minimum Gasteiger partial charge on any atom is -0.496 e. The zero-order valence-corrected chi connectivity index (χ0v) is 13.7. The highest BCUT2D eigenvalue weighted by Crippen LogP contribution is 2.18. The van der Waals surface area contributed by atoms with Crippen LogP contribution in [0.4, 0.5) is 0 Å². The van der Waals surface area contributed by atoms with Gasteiger partial charge in [-0.05, 0) is 30.4 Å². The number of hydrogen-bond donors (Lipinski definition) is 1. The molecule has 1 N–H and O–H groups in total. The van der Waals surface area contributed by atoms with Crippen molar-refractivity contribution in [3.63, 3.8) is 0 Å². The number of fused-ring (bicyclic) bond motifs is 1. The van der Waals surface area contributed by atoms with Gasteiger partial charge in [0.05, 0.1) is 12.6 Å². The molecule has 0 radical (unpaired) electrons. The van der Waals surface area contributed by atoms with E-state index in [9.17, 15) is 4.79 Å². The number of hydrazone groups is 1. The molecule has 0 saturated heterocycles. The molecule has 126 valence electrons. The van der Waals surface area contributed by atoms with Crippen molar-refractivity contribution < 1.29 is 9.53 Å². The Morgan fingerprint density at radius 1 is 1.24 bits per heavy atom. The summed E-state index contributed by atoms with van der Waals surface area (Å²) >= 11 is 0. The molecular weight excluding hydrogens is 318 g/mol. The lowest BCUT2D eigenvalue weighted by molar-refractivity contribution is -0.121. The number of nitrogens with one attached hydrogen (secondary N) is 1. The van der Waals surface area contributed by atoms with E-state index in [-0.39, 0.29) is 12.5 Å². The fourth-order valence-corrected chi connectivity index (χ4v) is 2.31. The first-order chi connectivity index (χ1) is 12.3. The Labute approximate surface area is 144 Å². The number of allylic oxidation sites excluding steroid dienone is 1. The van der Waals surface area contributed by atoms with Crippen LogP contribution in [-0.4, -0.2) is 34.2 Å². The van der Waals surface area contributed by atoms with Gasteiger partial charge in [0, 0.05) is 11.8 Å². The molecule has 3 aromatic rings. The summed E-state index contributed by atoms with van der Waals surface area (Å²) in [7, 11) is 1.62. The molecule has 0 saturated carbocycles. The average Bonchev–Trinajstić information content (AvgIpc) is 3.05. The largest absolute Gasteiger partial charge is 0.496 e. The van der Waals surface area contributed by atoms with Crippen molar-refractivity contribution in [2.45, 2.75) is 6.54 Å². The Balaban J connectivity index is 1.55. The average molecular weight is 335 g/mol. The summed E-state index contributed by atoms with van der Waals surface area (Å²) in [5.74, 6) is 0.492. The van der Waals surface area contributed by atoms with Gasteiger partial charge in [-0.2, -0.15) is 5.10 Å². The molecule has 3 rings (SSSR count). The number of para-hydroxylation sites is 2. The van der Waals surface area contributed by atoms with Gasteiger partial charge in [-0.15, -0.1) is 5.10 Å². The van der Waals surface area contributed by atoms with Gasteiger partial charge < -0.3 is 4.74 Å². The molecule has 7 nitrogen and oxygen atoms in total. The van der Waals surface area contributed by atoms with E-state index in [1.807, 2.05) is 54.6 Å². The first-order valence-electron chi connectivity index (χ1n) is 7.68. The fourth-order valence-electron chi connectivity index (χ4n) is 2.31. The van der Waals surface area contributed by atoms with Crippen LogP contribution in [0.1, 0.15) is 5.56 Å². The quantitative estimate of drug-likeness (QED) is 0.553. The van der Waals surface area contributed by atoms with Gasteiger partial charge in [0.25, 0.3) is 5.91 Å². The highest BCUT2D eigenvalue weighted by molar-refractivity contribution is 5.83. The molecule has 0 aliphatic rings. The first kappa shape index (κ1) is 16.4. The molecule has 7 heteroatoms. The molecule has 0 atom stereocenters. The van der Waals surface area contributed by atoms with Crippen molar-refractivity contribution in [3.05, 3.63) is 60.2 Å². The van der Waals surface area contributed by atoms with Gasteiger partial charge in [0.1, 0.15) is 17.8 Å². The maximum atomic E-state index is 11.9. The summed E-state index contributed by atoms with van der Waals surface area (Å²) in [6, 6.07) is 15.1. The maximum absolute atomic E-state index is 11.9. The highest BCUT2D eigenvalue weighted by Gasteiger charge is 2.07. The summed E-state index contributed by atoms with van der Waals surface area (Å²) in [5, 5.41) is 11.9. The zero-order chi connectivity index (χ0) is 17.5. The van der Waals surface area contributed by atoms with Crippen LogP contribution in [0.25, 0.3) is 17.1 Å². The number of methoxy groups -OCH3 is 1. The van der Waals surface area contributed by atoms with E-state index < -0.39 is 0 Å². The van der Waals surface area contributed by atoms with Crippen molar-refractivity contribution in [2.24, 2.45) is 5.10 Å². The first-order valence-corrected chi connectivity index (χ1v) is 7.68. The molecule has 25 heavy (non-hydrogen) atoms. The molecule has 0 aliphatic carbocycles. The van der Waals surface area contributed by atoms with Crippen molar-refractivity contribution >= 4 is 29.2 Å². The molecule has 0 fully saturated rings. The molecule has 0 spiro atoms. The minimum atomic E-state index is -0.280. The Bertz CT molecular complexity index is 930. The third kappa shape index (κ3) is 4.08. The van der Waals surface area contributed by atoms with Crippen LogP contribution in [0, 0.1) is 0 Å². The normalized spacial score (nSPS) is 11.4. The third-order valence-electron chi connectivity index (χ3n) is 3.48. The second-order valence-corrected chi connectivity index (χ2v) is 5.15. The van der Waals surface area contributed by atoms with Crippen molar-refractivity contribution in [3.8, 4) is 5.75 Å². The van der Waals surface area contributed by atoms with Crippen LogP contribution in [0.5, 0.6) is 5.75 Å². The van der Waals surface area contributed by atoms with Gasteiger partial charge in [0.2, 0.25) is 0 Å². The van der Waals surface area contributed by atoms with E-state index in [0.29, 0.717) is 0 Å². The number of carbonyl (C=O) groups is 1. The Kier molecular flexibility index (Phi) is 5.16. The van der Waals surface area contributed by atoms with E-state index in [4.69, 9.17) is 4.74 Å². The number of carbonyl (C=O) groups excluding carboxylic acids is 1. The van der Waals surface area contributed by atoms with Gasteiger partial charge in [-0.1, -0.05) is 35.5 Å². The number of rotatable bonds is 6. The van der Waals surface area contributed by atoms with Crippen molar-refractivity contribution in [1.82, 2.24) is 20.4 Å². The van der Waals surface area contributed by atoms with Gasteiger partial charge in [-0.25, -0.2) is 10.1 Å². The summed E-state index contributed by atoms with van der Waals surface area (Å²) in [6.07, 6.45) is 5.08. The molecule has 0 bridgehead atoms. The van der Waals surface area contributed by atoms with Crippen LogP contribution in [0.3, 0.4) is 0 Å². The SMILES string of the molecule is COc1ccccc1/C=C/C=N/NC(=O)Cn1nnc2ccccc21. The standard InChI is InChI=1S/C18H17N5O2/c1-25-17-11-5-2-7-14(17)8-6-12-19-21-18(24)13-23-16-10-4-3-9-15(16)20-22-23/h2-12H,13H2,1H3,(H,21,24)/b8-6+,19-12+. The summed E-state index contributed by atoms with van der Waals surface area (Å²) < 4.78 is 6.79. The lowest BCUT2D eigenvalue weighted by atomic mass is 10.2. The molecule has 0 unspecified atom stereocenters. The Morgan fingerprint density at radius 3 is 2.92 bits per heavy atom. The van der Waals surface area contributed by atoms with Gasteiger partial charge in [0.15, 0.2) is 0 Å². The third-order valence-corrected chi connectivity index (χ3v) is 3.48. The van der Waals surface area contributed by atoms with Crippen LogP contribution in [-0.2, 0) is 11.3 Å². The monoisotopic (exact) mass is 335 g/mol. The number of nitrogens with zero attached hydrogens (tertiary/aromatic N) is 4. The number of hydrogen-bond acceptors (Lipinski definition) is 5. The van der Waals surface area contributed by atoms with Crippen molar-refractivity contribution in [1.29, 1.82) is 0 Å². The fraction of sp³-hybridized carbons (Fsp3) is 0.111. The molecule has 2 aromatic carbocycles. The molecule has 0 aliphatic heterocycles. The predicted octanol–water partition coefficient (Wildman–Crippen LogP) is 2.26. The van der Waals surface area contributed by atoms with Crippen LogP contribution < -0.4 is 10.2 Å². The lowest BCUT2D eigenvalue weighted by Crippen LogP contribution is -2.23. The number of benzene rings is 2. The van der Waals surface area contributed by atoms with Crippen molar-refractivity contribution in [2.75, 3.05) is 7.11 Å². The Morgan fingerprint density at radius 2 is 2.04 bits per heavy atom. The van der Waals surface area contributed by atoms with Crippen LogP contribution in [0.15, 0.2) is 59.7 Å². The Hall–Kier alpha value is -3.48. The minimum absolute atomic E-state index is 0.0497.